The lowest BCUT2D eigenvalue weighted by molar-refractivity contribution is 0.0233. The van der Waals surface area contributed by atoms with Crippen molar-refractivity contribution in [2.24, 2.45) is 0 Å². The van der Waals surface area contributed by atoms with Gasteiger partial charge in [0, 0.05) is 10.6 Å². The summed E-state index contributed by atoms with van der Waals surface area (Å²) < 4.78 is 11.1. The van der Waals surface area contributed by atoms with Gasteiger partial charge in [-0.1, -0.05) is 54.1 Å². The molecule has 1 amide bonds. The Bertz CT molecular complexity index is 914. The molecule has 0 aliphatic carbocycles. The molecule has 0 atom stereocenters. The Labute approximate surface area is 168 Å². The second kappa shape index (κ2) is 9.78. The van der Waals surface area contributed by atoms with Crippen LogP contribution in [-0.4, -0.2) is 13.0 Å². The van der Waals surface area contributed by atoms with Gasteiger partial charge in [-0.05, 0) is 41.5 Å². The van der Waals surface area contributed by atoms with E-state index in [4.69, 9.17) is 25.9 Å². The first-order valence-electron chi connectivity index (χ1n) is 8.67. The highest BCUT2D eigenvalue weighted by Gasteiger charge is 2.12. The number of hydroxylamine groups is 1. The number of halogens is 1. The van der Waals surface area contributed by atoms with Crippen LogP contribution in [0.4, 0.5) is 0 Å². The van der Waals surface area contributed by atoms with Crippen LogP contribution in [0.1, 0.15) is 21.5 Å². The summed E-state index contributed by atoms with van der Waals surface area (Å²) in [7, 11) is 1.53. The van der Waals surface area contributed by atoms with Gasteiger partial charge >= 0.3 is 0 Å². The predicted molar refractivity (Wildman–Crippen MR) is 107 cm³/mol. The van der Waals surface area contributed by atoms with Crippen molar-refractivity contribution in [3.8, 4) is 11.5 Å². The SMILES string of the molecule is COc1cc(C(=O)NOCc2ccccc2)ccc1OCc1ccc(Cl)cc1. The molecule has 0 bridgehead atoms. The standard InChI is InChI=1S/C22H20ClNO4/c1-26-21-13-18(22(25)24-28-15-16-5-3-2-4-6-16)9-12-20(21)27-14-17-7-10-19(23)11-8-17/h2-13H,14-15H2,1H3,(H,24,25). The van der Waals surface area contributed by atoms with Crippen LogP contribution < -0.4 is 15.0 Å². The summed E-state index contributed by atoms with van der Waals surface area (Å²) in [5, 5.41) is 0.672. The zero-order valence-corrected chi connectivity index (χ0v) is 16.1. The molecule has 28 heavy (non-hydrogen) atoms. The van der Waals surface area contributed by atoms with Crippen LogP contribution in [-0.2, 0) is 18.1 Å². The van der Waals surface area contributed by atoms with E-state index in [1.54, 1.807) is 30.3 Å². The lowest BCUT2D eigenvalue weighted by Gasteiger charge is -2.12. The lowest BCUT2D eigenvalue weighted by Crippen LogP contribution is -2.23. The highest BCUT2D eigenvalue weighted by molar-refractivity contribution is 6.30. The summed E-state index contributed by atoms with van der Waals surface area (Å²) in [5.41, 5.74) is 4.78. The van der Waals surface area contributed by atoms with Gasteiger partial charge in [0.1, 0.15) is 6.61 Å². The number of nitrogens with one attached hydrogen (secondary N) is 1. The molecule has 1 N–H and O–H groups in total. The number of methoxy groups -OCH3 is 1. The van der Waals surface area contributed by atoms with E-state index in [2.05, 4.69) is 5.48 Å². The minimum absolute atomic E-state index is 0.284. The number of benzene rings is 3. The van der Waals surface area contributed by atoms with Gasteiger partial charge in [-0.2, -0.15) is 0 Å². The zero-order valence-electron chi connectivity index (χ0n) is 15.4. The zero-order chi connectivity index (χ0) is 19.8. The van der Waals surface area contributed by atoms with Gasteiger partial charge in [-0.15, -0.1) is 0 Å². The van der Waals surface area contributed by atoms with Gasteiger partial charge in [0.25, 0.3) is 5.91 Å². The van der Waals surface area contributed by atoms with Gasteiger partial charge in [0.15, 0.2) is 11.5 Å². The van der Waals surface area contributed by atoms with E-state index in [1.165, 1.54) is 7.11 Å². The molecule has 0 aliphatic rings. The average molecular weight is 398 g/mol. The highest BCUT2D eigenvalue weighted by atomic mass is 35.5. The van der Waals surface area contributed by atoms with Crippen LogP contribution in [0.25, 0.3) is 0 Å². The first-order chi connectivity index (χ1) is 13.7. The van der Waals surface area contributed by atoms with Gasteiger partial charge < -0.3 is 9.47 Å². The van der Waals surface area contributed by atoms with E-state index in [-0.39, 0.29) is 12.5 Å². The van der Waals surface area contributed by atoms with Crippen molar-refractivity contribution in [2.75, 3.05) is 7.11 Å². The second-order valence-corrected chi connectivity index (χ2v) is 6.42. The van der Waals surface area contributed by atoms with E-state index >= 15 is 0 Å². The number of carbonyl (C=O) groups is 1. The fraction of sp³-hybridized carbons (Fsp3) is 0.136. The lowest BCUT2D eigenvalue weighted by atomic mass is 10.2. The summed E-state index contributed by atoms with van der Waals surface area (Å²) in [6, 6.07) is 21.9. The Morgan fingerprint density at radius 1 is 0.893 bits per heavy atom. The Morgan fingerprint density at radius 2 is 1.61 bits per heavy atom. The summed E-state index contributed by atoms with van der Waals surface area (Å²) in [6.45, 7) is 0.644. The Hall–Kier alpha value is -3.02. The Balaban J connectivity index is 1.58. The third kappa shape index (κ3) is 5.49. The molecule has 0 fully saturated rings. The van der Waals surface area contributed by atoms with Crippen LogP contribution in [0.3, 0.4) is 0 Å². The van der Waals surface area contributed by atoms with Crippen molar-refractivity contribution >= 4 is 17.5 Å². The van der Waals surface area contributed by atoms with E-state index in [1.807, 2.05) is 42.5 Å². The number of carbonyl (C=O) groups excluding carboxylic acids is 1. The van der Waals surface area contributed by atoms with E-state index in [9.17, 15) is 4.79 Å². The summed E-state index contributed by atoms with van der Waals surface area (Å²) in [4.78, 5) is 17.6. The van der Waals surface area contributed by atoms with Crippen molar-refractivity contribution in [1.29, 1.82) is 0 Å². The molecule has 0 saturated heterocycles. The summed E-state index contributed by atoms with van der Waals surface area (Å²) >= 11 is 5.89. The molecule has 3 aromatic rings. The molecule has 0 radical (unpaired) electrons. The molecule has 144 valence electrons. The van der Waals surface area contributed by atoms with Crippen molar-refractivity contribution in [3.05, 3.63) is 94.5 Å². The van der Waals surface area contributed by atoms with E-state index < -0.39 is 0 Å². The number of ether oxygens (including phenoxy) is 2. The maximum absolute atomic E-state index is 12.3. The largest absolute Gasteiger partial charge is 0.493 e. The maximum atomic E-state index is 12.3. The number of hydrogen-bond donors (Lipinski definition) is 1. The number of rotatable bonds is 8. The van der Waals surface area contributed by atoms with Crippen LogP contribution in [0.5, 0.6) is 11.5 Å². The topological polar surface area (TPSA) is 56.8 Å². The number of hydrogen-bond acceptors (Lipinski definition) is 4. The van der Waals surface area contributed by atoms with Gasteiger partial charge in [-0.25, -0.2) is 5.48 Å². The smallest absolute Gasteiger partial charge is 0.274 e. The summed E-state index contributed by atoms with van der Waals surface area (Å²) in [5.74, 6) is 0.641. The molecule has 0 unspecified atom stereocenters. The third-order valence-electron chi connectivity index (χ3n) is 3.98. The van der Waals surface area contributed by atoms with Crippen LogP contribution in [0.2, 0.25) is 5.02 Å². The molecule has 0 saturated carbocycles. The van der Waals surface area contributed by atoms with E-state index in [0.29, 0.717) is 28.7 Å². The van der Waals surface area contributed by atoms with Crippen LogP contribution >= 0.6 is 11.6 Å². The fourth-order valence-electron chi connectivity index (χ4n) is 2.49. The van der Waals surface area contributed by atoms with Crippen molar-refractivity contribution in [2.45, 2.75) is 13.2 Å². The van der Waals surface area contributed by atoms with Gasteiger partial charge in [-0.3, -0.25) is 9.63 Å². The molecule has 0 aromatic heterocycles. The Morgan fingerprint density at radius 3 is 2.32 bits per heavy atom. The highest BCUT2D eigenvalue weighted by Crippen LogP contribution is 2.29. The average Bonchev–Trinajstić information content (AvgIpc) is 2.74. The molecule has 6 heteroatoms. The Kier molecular flexibility index (Phi) is 6.89. The van der Waals surface area contributed by atoms with Crippen LogP contribution in [0, 0.1) is 0 Å². The molecule has 3 rings (SSSR count). The van der Waals surface area contributed by atoms with Gasteiger partial charge in [0.05, 0.1) is 13.7 Å². The monoisotopic (exact) mass is 397 g/mol. The molecule has 0 aliphatic heterocycles. The predicted octanol–water partition coefficient (Wildman–Crippen LogP) is 4.79. The first kappa shape index (κ1) is 19.7. The molecule has 5 nitrogen and oxygen atoms in total. The van der Waals surface area contributed by atoms with E-state index in [0.717, 1.165) is 11.1 Å². The molecular formula is C22H20ClNO4. The number of amides is 1. The second-order valence-electron chi connectivity index (χ2n) is 5.99. The van der Waals surface area contributed by atoms with Crippen molar-refractivity contribution in [1.82, 2.24) is 5.48 Å². The quantitative estimate of drug-likeness (QED) is 0.555. The minimum Gasteiger partial charge on any atom is -0.493 e. The van der Waals surface area contributed by atoms with Crippen molar-refractivity contribution in [3.63, 3.8) is 0 Å². The minimum atomic E-state index is -0.363. The summed E-state index contributed by atoms with van der Waals surface area (Å²) in [6.07, 6.45) is 0. The van der Waals surface area contributed by atoms with Gasteiger partial charge in [0.2, 0.25) is 0 Å². The fourth-order valence-corrected chi connectivity index (χ4v) is 2.61. The molecule has 3 aromatic carbocycles. The maximum Gasteiger partial charge on any atom is 0.274 e. The normalized spacial score (nSPS) is 10.4. The molecular weight excluding hydrogens is 378 g/mol. The third-order valence-corrected chi connectivity index (χ3v) is 4.23. The molecule has 0 spiro atoms. The molecule has 0 heterocycles. The van der Waals surface area contributed by atoms with Crippen molar-refractivity contribution < 1.29 is 19.1 Å². The van der Waals surface area contributed by atoms with Crippen LogP contribution in [0.15, 0.2) is 72.8 Å². The first-order valence-corrected chi connectivity index (χ1v) is 9.05.